The summed E-state index contributed by atoms with van der Waals surface area (Å²) in [7, 11) is 0. The molecule has 0 radical (unpaired) electrons. The number of amides is 2. The molecule has 1 rings (SSSR count). The maximum atomic E-state index is 12.1. The Hall–Kier alpha value is -1.10. The summed E-state index contributed by atoms with van der Waals surface area (Å²) in [4.78, 5) is 23.6. The summed E-state index contributed by atoms with van der Waals surface area (Å²) >= 11 is 0. The Bertz CT molecular complexity index is 310. The Morgan fingerprint density at radius 2 is 1.84 bits per heavy atom. The zero-order valence-corrected chi connectivity index (χ0v) is 12.3. The van der Waals surface area contributed by atoms with Crippen molar-refractivity contribution in [2.45, 2.75) is 40.0 Å². The molecule has 5 heteroatoms. The van der Waals surface area contributed by atoms with Gasteiger partial charge in [0.2, 0.25) is 11.8 Å². The van der Waals surface area contributed by atoms with Crippen LogP contribution in [-0.2, 0) is 9.59 Å². The number of hydrogen-bond donors (Lipinski definition) is 3. The quantitative estimate of drug-likeness (QED) is 0.663. The molecule has 2 amide bonds. The molecule has 110 valence electrons. The number of carbonyl (C=O) groups is 2. The first kappa shape index (κ1) is 16.0. The van der Waals surface area contributed by atoms with Gasteiger partial charge < -0.3 is 16.0 Å². The average molecular weight is 269 g/mol. The third-order valence-corrected chi connectivity index (χ3v) is 3.60. The van der Waals surface area contributed by atoms with Gasteiger partial charge in [-0.15, -0.1) is 0 Å². The first-order chi connectivity index (χ1) is 8.94. The van der Waals surface area contributed by atoms with Gasteiger partial charge in [0.25, 0.3) is 0 Å². The maximum Gasteiger partial charge on any atom is 0.226 e. The van der Waals surface area contributed by atoms with Crippen molar-refractivity contribution in [3.63, 3.8) is 0 Å². The second kappa shape index (κ2) is 7.48. The van der Waals surface area contributed by atoms with Gasteiger partial charge in [-0.2, -0.15) is 0 Å². The average Bonchev–Trinajstić information content (AvgIpc) is 2.37. The lowest BCUT2D eigenvalue weighted by molar-refractivity contribution is -0.131. The molecule has 0 aromatic carbocycles. The monoisotopic (exact) mass is 269 g/mol. The van der Waals surface area contributed by atoms with E-state index in [9.17, 15) is 9.59 Å². The van der Waals surface area contributed by atoms with Gasteiger partial charge in [0.15, 0.2) is 0 Å². The minimum absolute atomic E-state index is 0.00413. The maximum absolute atomic E-state index is 12.1. The van der Waals surface area contributed by atoms with E-state index in [0.29, 0.717) is 25.4 Å². The van der Waals surface area contributed by atoms with Crippen molar-refractivity contribution < 1.29 is 9.59 Å². The minimum atomic E-state index is -0.278. The van der Waals surface area contributed by atoms with Crippen LogP contribution in [0, 0.1) is 11.3 Å². The SMILES string of the molecule is CC(C)CNC(=O)CCNC(=O)C1(C)CCNCC1. The second-order valence-corrected chi connectivity index (χ2v) is 6.01. The summed E-state index contributed by atoms with van der Waals surface area (Å²) in [5.74, 6) is 0.530. The van der Waals surface area contributed by atoms with Crippen LogP contribution >= 0.6 is 0 Å². The van der Waals surface area contributed by atoms with E-state index < -0.39 is 0 Å². The van der Waals surface area contributed by atoms with Gasteiger partial charge in [-0.05, 0) is 31.8 Å². The van der Waals surface area contributed by atoms with E-state index >= 15 is 0 Å². The van der Waals surface area contributed by atoms with Crippen LogP contribution in [0.2, 0.25) is 0 Å². The van der Waals surface area contributed by atoms with Crippen LogP contribution in [0.5, 0.6) is 0 Å². The molecule has 1 saturated heterocycles. The molecular weight excluding hydrogens is 242 g/mol. The highest BCUT2D eigenvalue weighted by Crippen LogP contribution is 2.27. The van der Waals surface area contributed by atoms with E-state index in [1.54, 1.807) is 0 Å². The van der Waals surface area contributed by atoms with Gasteiger partial charge in [0.1, 0.15) is 0 Å². The molecule has 1 fully saturated rings. The minimum Gasteiger partial charge on any atom is -0.356 e. The molecule has 1 aliphatic rings. The van der Waals surface area contributed by atoms with E-state index in [-0.39, 0.29) is 17.2 Å². The molecule has 0 aromatic rings. The second-order valence-electron chi connectivity index (χ2n) is 6.01. The molecule has 0 atom stereocenters. The van der Waals surface area contributed by atoms with Gasteiger partial charge in [-0.3, -0.25) is 9.59 Å². The zero-order chi connectivity index (χ0) is 14.3. The molecule has 0 aromatic heterocycles. The van der Waals surface area contributed by atoms with Crippen LogP contribution in [0.4, 0.5) is 0 Å². The van der Waals surface area contributed by atoms with E-state index in [4.69, 9.17) is 0 Å². The lowest BCUT2D eigenvalue weighted by Crippen LogP contribution is -2.46. The van der Waals surface area contributed by atoms with Crippen molar-refractivity contribution in [3.05, 3.63) is 0 Å². The van der Waals surface area contributed by atoms with Gasteiger partial charge in [-0.25, -0.2) is 0 Å². The molecule has 1 aliphatic heterocycles. The molecule has 1 heterocycles. The largest absolute Gasteiger partial charge is 0.356 e. The predicted molar refractivity (Wildman–Crippen MR) is 75.7 cm³/mol. The number of rotatable bonds is 6. The highest BCUT2D eigenvalue weighted by molar-refractivity contribution is 5.83. The number of hydrogen-bond acceptors (Lipinski definition) is 3. The molecule has 0 saturated carbocycles. The lowest BCUT2D eigenvalue weighted by Gasteiger charge is -2.32. The summed E-state index contributed by atoms with van der Waals surface area (Å²) in [5, 5.41) is 8.98. The Balaban J connectivity index is 2.21. The standard InChI is InChI=1S/C14H27N3O2/c1-11(2)10-17-12(18)4-7-16-13(19)14(3)5-8-15-9-6-14/h11,15H,4-10H2,1-3H3,(H,16,19)(H,17,18). The topological polar surface area (TPSA) is 70.2 Å². The Labute approximate surface area is 115 Å². The summed E-state index contributed by atoms with van der Waals surface area (Å²) < 4.78 is 0. The van der Waals surface area contributed by atoms with Gasteiger partial charge in [0.05, 0.1) is 0 Å². The smallest absolute Gasteiger partial charge is 0.226 e. The lowest BCUT2D eigenvalue weighted by atomic mass is 9.80. The molecule has 5 nitrogen and oxygen atoms in total. The third-order valence-electron chi connectivity index (χ3n) is 3.60. The van der Waals surface area contributed by atoms with Crippen molar-refractivity contribution in [1.82, 2.24) is 16.0 Å². The van der Waals surface area contributed by atoms with Gasteiger partial charge >= 0.3 is 0 Å². The van der Waals surface area contributed by atoms with E-state index in [0.717, 1.165) is 25.9 Å². The van der Waals surface area contributed by atoms with Crippen molar-refractivity contribution >= 4 is 11.8 Å². The first-order valence-electron chi connectivity index (χ1n) is 7.20. The molecule has 0 unspecified atom stereocenters. The van der Waals surface area contributed by atoms with Gasteiger partial charge in [-0.1, -0.05) is 20.8 Å². The zero-order valence-electron chi connectivity index (χ0n) is 12.3. The van der Waals surface area contributed by atoms with Crippen molar-refractivity contribution in [1.29, 1.82) is 0 Å². The number of carbonyl (C=O) groups excluding carboxylic acids is 2. The number of nitrogens with one attached hydrogen (secondary N) is 3. The highest BCUT2D eigenvalue weighted by Gasteiger charge is 2.34. The van der Waals surface area contributed by atoms with Crippen LogP contribution in [0.15, 0.2) is 0 Å². The predicted octanol–water partition coefficient (Wildman–Crippen LogP) is 0.655. The normalized spacial score (nSPS) is 18.1. The summed E-state index contributed by atoms with van der Waals surface area (Å²) in [5.41, 5.74) is -0.278. The third kappa shape index (κ3) is 5.59. The van der Waals surface area contributed by atoms with Crippen molar-refractivity contribution in [3.8, 4) is 0 Å². The first-order valence-corrected chi connectivity index (χ1v) is 7.20. The Morgan fingerprint density at radius 1 is 1.21 bits per heavy atom. The summed E-state index contributed by atoms with van der Waals surface area (Å²) in [6, 6.07) is 0. The molecule has 19 heavy (non-hydrogen) atoms. The van der Waals surface area contributed by atoms with E-state index in [2.05, 4.69) is 29.8 Å². The highest BCUT2D eigenvalue weighted by atomic mass is 16.2. The van der Waals surface area contributed by atoms with E-state index in [1.165, 1.54) is 0 Å². The summed E-state index contributed by atoms with van der Waals surface area (Å²) in [6.45, 7) is 9.00. The Kier molecular flexibility index (Phi) is 6.28. The Morgan fingerprint density at radius 3 is 2.42 bits per heavy atom. The fourth-order valence-corrected chi connectivity index (χ4v) is 2.11. The molecular formula is C14H27N3O2. The molecule has 3 N–H and O–H groups in total. The van der Waals surface area contributed by atoms with Crippen molar-refractivity contribution in [2.24, 2.45) is 11.3 Å². The molecule has 0 bridgehead atoms. The van der Waals surface area contributed by atoms with Crippen LogP contribution in [-0.4, -0.2) is 38.0 Å². The van der Waals surface area contributed by atoms with Crippen LogP contribution < -0.4 is 16.0 Å². The molecule has 0 spiro atoms. The van der Waals surface area contributed by atoms with Crippen LogP contribution in [0.1, 0.15) is 40.0 Å². The van der Waals surface area contributed by atoms with Crippen molar-refractivity contribution in [2.75, 3.05) is 26.2 Å². The number of piperidine rings is 1. The van der Waals surface area contributed by atoms with Gasteiger partial charge in [0, 0.05) is 24.9 Å². The molecule has 0 aliphatic carbocycles. The fourth-order valence-electron chi connectivity index (χ4n) is 2.11. The summed E-state index contributed by atoms with van der Waals surface area (Å²) in [6.07, 6.45) is 2.07. The van der Waals surface area contributed by atoms with E-state index in [1.807, 2.05) is 6.92 Å². The van der Waals surface area contributed by atoms with Crippen LogP contribution in [0.25, 0.3) is 0 Å². The fraction of sp³-hybridized carbons (Fsp3) is 0.857. The van der Waals surface area contributed by atoms with Crippen LogP contribution in [0.3, 0.4) is 0 Å².